The highest BCUT2D eigenvalue weighted by Gasteiger charge is 2.28. The summed E-state index contributed by atoms with van der Waals surface area (Å²) in [5.41, 5.74) is -1.37. The molecule has 54 heavy (non-hydrogen) atoms. The summed E-state index contributed by atoms with van der Waals surface area (Å²) in [5, 5.41) is 90.9. The molecule has 0 fully saturated rings. The van der Waals surface area contributed by atoms with Crippen molar-refractivity contribution >= 4 is 23.9 Å². The van der Waals surface area contributed by atoms with Crippen molar-refractivity contribution in [2.75, 3.05) is 0 Å². The first-order chi connectivity index (χ1) is 25.2. The van der Waals surface area contributed by atoms with E-state index in [9.17, 15) is 65.1 Å². The molecule has 3 unspecified atom stereocenters. The van der Waals surface area contributed by atoms with Gasteiger partial charge >= 0.3 is 23.9 Å². The average molecular weight is 751 g/mol. The third-order valence-electron chi connectivity index (χ3n) is 8.12. The maximum Gasteiger partial charge on any atom is 0.342 e. The van der Waals surface area contributed by atoms with Gasteiger partial charge in [-0.2, -0.15) is 0 Å². The van der Waals surface area contributed by atoms with E-state index >= 15 is 0 Å². The number of aryl methyl sites for hydroxylation is 1. The molecule has 0 saturated heterocycles. The molecule has 0 spiro atoms. The normalized spacial score (nSPS) is 12.7. The topological polar surface area (TPSA) is 278 Å². The summed E-state index contributed by atoms with van der Waals surface area (Å²) in [6.45, 7) is 5.73. The zero-order chi connectivity index (χ0) is 40.2. The van der Waals surface area contributed by atoms with Crippen LogP contribution in [0.2, 0.25) is 0 Å². The molecule has 0 aromatic heterocycles. The van der Waals surface area contributed by atoms with Crippen molar-refractivity contribution < 1.29 is 79.3 Å². The van der Waals surface area contributed by atoms with Gasteiger partial charge in [0, 0.05) is 43.5 Å². The lowest BCUT2D eigenvalue weighted by Crippen LogP contribution is -2.23. The SMILES string of the molecule is Cc1cc(O)cc(O)c1C(=O)OC(C)Cc1cc(O)cc(O)c1C(=O)OC(C)Cc1cc(O)cc(O)c1C(=O)OC(C)Cc1cc(O)cc(O)c1C(=O)O. The van der Waals surface area contributed by atoms with Crippen molar-refractivity contribution in [1.29, 1.82) is 0 Å². The van der Waals surface area contributed by atoms with Crippen molar-refractivity contribution in [2.24, 2.45) is 0 Å². The summed E-state index contributed by atoms with van der Waals surface area (Å²) in [6, 6.07) is 8.17. The van der Waals surface area contributed by atoms with Crippen LogP contribution in [-0.2, 0) is 33.5 Å². The van der Waals surface area contributed by atoms with E-state index in [4.69, 9.17) is 14.2 Å². The predicted octanol–water partition coefficient (Wildman–Crippen LogP) is 4.70. The van der Waals surface area contributed by atoms with Gasteiger partial charge in [0.05, 0.1) is 0 Å². The Balaban J connectivity index is 1.51. The molecule has 0 bridgehead atoms. The molecule has 4 rings (SSSR count). The molecule has 286 valence electrons. The molecule has 16 nitrogen and oxygen atoms in total. The maximum absolute atomic E-state index is 13.4. The highest BCUT2D eigenvalue weighted by molar-refractivity contribution is 5.96. The molecule has 0 amide bonds. The minimum Gasteiger partial charge on any atom is -0.508 e. The van der Waals surface area contributed by atoms with Gasteiger partial charge in [0.1, 0.15) is 86.6 Å². The Kier molecular flexibility index (Phi) is 12.0. The minimum absolute atomic E-state index is 0.0102. The number of carbonyl (C=O) groups excluding carboxylic acids is 3. The third kappa shape index (κ3) is 9.33. The Bertz CT molecular complexity index is 2100. The molecular weight excluding hydrogens is 712 g/mol. The highest BCUT2D eigenvalue weighted by atomic mass is 16.6. The van der Waals surface area contributed by atoms with Gasteiger partial charge in [0.15, 0.2) is 0 Å². The molecule has 4 aromatic carbocycles. The summed E-state index contributed by atoms with van der Waals surface area (Å²) in [7, 11) is 0. The van der Waals surface area contributed by atoms with Gasteiger partial charge in [-0.1, -0.05) is 0 Å². The van der Waals surface area contributed by atoms with Gasteiger partial charge in [0.25, 0.3) is 0 Å². The first-order valence-corrected chi connectivity index (χ1v) is 16.3. The van der Waals surface area contributed by atoms with Crippen LogP contribution in [0.5, 0.6) is 46.0 Å². The molecule has 9 N–H and O–H groups in total. The van der Waals surface area contributed by atoms with E-state index in [-0.39, 0.29) is 52.8 Å². The van der Waals surface area contributed by atoms with Crippen LogP contribution in [-0.4, -0.2) is 88.1 Å². The van der Waals surface area contributed by atoms with Crippen molar-refractivity contribution in [3.05, 3.63) is 93.0 Å². The summed E-state index contributed by atoms with van der Waals surface area (Å²) in [6.07, 6.45) is -3.96. The number of carbonyl (C=O) groups is 4. The van der Waals surface area contributed by atoms with Gasteiger partial charge in [-0.05, 0) is 74.2 Å². The smallest absolute Gasteiger partial charge is 0.342 e. The van der Waals surface area contributed by atoms with Gasteiger partial charge in [-0.15, -0.1) is 0 Å². The lowest BCUT2D eigenvalue weighted by Gasteiger charge is -2.20. The number of phenolic OH excluding ortho intramolecular Hbond substituents is 7. The van der Waals surface area contributed by atoms with Crippen LogP contribution in [0.15, 0.2) is 48.5 Å². The number of rotatable bonds is 13. The molecular formula is C38H38O16. The second-order valence-corrected chi connectivity index (χ2v) is 12.7. The Hall–Kier alpha value is -6.84. The van der Waals surface area contributed by atoms with Crippen LogP contribution in [0.25, 0.3) is 0 Å². The second-order valence-electron chi connectivity index (χ2n) is 12.7. The van der Waals surface area contributed by atoms with E-state index < -0.39 is 99.1 Å². The molecule has 3 atom stereocenters. The van der Waals surface area contributed by atoms with E-state index in [0.717, 1.165) is 42.5 Å². The summed E-state index contributed by atoms with van der Waals surface area (Å²) in [5.74, 6) is -8.80. The van der Waals surface area contributed by atoms with Gasteiger partial charge in [-0.3, -0.25) is 0 Å². The molecule has 0 aliphatic rings. The van der Waals surface area contributed by atoms with Crippen LogP contribution in [0.3, 0.4) is 0 Å². The van der Waals surface area contributed by atoms with Crippen molar-refractivity contribution in [3.8, 4) is 46.0 Å². The lowest BCUT2D eigenvalue weighted by atomic mass is 9.98. The number of ether oxygens (including phenoxy) is 3. The molecule has 0 aliphatic carbocycles. The lowest BCUT2D eigenvalue weighted by molar-refractivity contribution is 0.0326. The number of aromatic hydroxyl groups is 8. The Morgan fingerprint density at radius 2 is 0.741 bits per heavy atom. The Morgan fingerprint density at radius 3 is 1.07 bits per heavy atom. The number of phenols is 8. The molecule has 0 radical (unpaired) electrons. The maximum atomic E-state index is 13.4. The summed E-state index contributed by atoms with van der Waals surface area (Å²) < 4.78 is 16.4. The fourth-order valence-electron chi connectivity index (χ4n) is 6.00. The fraction of sp³-hybridized carbons (Fsp3) is 0.263. The number of benzene rings is 4. The fourth-order valence-corrected chi connectivity index (χ4v) is 6.00. The van der Waals surface area contributed by atoms with Crippen LogP contribution < -0.4 is 0 Å². The quantitative estimate of drug-likeness (QED) is 0.0661. The van der Waals surface area contributed by atoms with Crippen LogP contribution in [0.1, 0.15) is 84.5 Å². The first kappa shape index (κ1) is 39.9. The average Bonchev–Trinajstić information content (AvgIpc) is 2.98. The van der Waals surface area contributed by atoms with E-state index in [1.54, 1.807) is 0 Å². The Morgan fingerprint density at radius 1 is 0.463 bits per heavy atom. The first-order valence-electron chi connectivity index (χ1n) is 16.3. The van der Waals surface area contributed by atoms with E-state index in [1.807, 2.05) is 0 Å². The Labute approximate surface area is 307 Å². The van der Waals surface area contributed by atoms with Gasteiger partial charge < -0.3 is 60.2 Å². The molecule has 0 aliphatic heterocycles. The monoisotopic (exact) mass is 750 g/mol. The van der Waals surface area contributed by atoms with Crippen molar-refractivity contribution in [1.82, 2.24) is 0 Å². The predicted molar refractivity (Wildman–Crippen MR) is 187 cm³/mol. The third-order valence-corrected chi connectivity index (χ3v) is 8.12. The number of esters is 3. The number of hydrogen-bond donors (Lipinski definition) is 9. The van der Waals surface area contributed by atoms with Crippen molar-refractivity contribution in [3.63, 3.8) is 0 Å². The zero-order valence-electron chi connectivity index (χ0n) is 29.4. The second kappa shape index (κ2) is 16.2. The van der Waals surface area contributed by atoms with Crippen LogP contribution in [0.4, 0.5) is 0 Å². The van der Waals surface area contributed by atoms with Crippen LogP contribution >= 0.6 is 0 Å². The van der Waals surface area contributed by atoms with Gasteiger partial charge in [0.2, 0.25) is 0 Å². The molecule has 16 heteroatoms. The highest BCUT2D eigenvalue weighted by Crippen LogP contribution is 2.34. The van der Waals surface area contributed by atoms with Crippen LogP contribution in [0, 0.1) is 6.92 Å². The number of hydrogen-bond acceptors (Lipinski definition) is 15. The zero-order valence-corrected chi connectivity index (χ0v) is 29.4. The summed E-state index contributed by atoms with van der Waals surface area (Å²) >= 11 is 0. The van der Waals surface area contributed by atoms with Crippen molar-refractivity contribution in [2.45, 2.75) is 65.3 Å². The minimum atomic E-state index is -1.49. The number of carboxylic acids is 1. The number of aromatic carboxylic acids is 1. The molecule has 0 heterocycles. The van der Waals surface area contributed by atoms with Gasteiger partial charge in [-0.25, -0.2) is 19.2 Å². The standard InChI is InChI=1S/C38H38O16/c1-16-5-23(39)12-27(43)31(16)36(49)52-18(3)7-21-10-25(41)14-29(45)33(21)38(51)54-19(4)8-22-11-26(42)15-30(46)34(22)37(50)53-17(2)6-20-9-24(40)13-28(44)32(20)35(47)48/h5,9-15,17-19,39-46H,6-8H2,1-4H3,(H,47,48). The van der Waals surface area contributed by atoms with E-state index in [1.165, 1.54) is 33.8 Å². The molecule has 4 aromatic rings. The number of carboxylic acid groups (broad SMARTS) is 1. The molecule has 0 saturated carbocycles. The van der Waals surface area contributed by atoms with E-state index in [0.29, 0.717) is 0 Å². The van der Waals surface area contributed by atoms with E-state index in [2.05, 4.69) is 0 Å². The largest absolute Gasteiger partial charge is 0.508 e. The summed E-state index contributed by atoms with van der Waals surface area (Å²) in [4.78, 5) is 51.3.